The molecule has 0 saturated carbocycles. The number of hydrogen-bond acceptors (Lipinski definition) is 2. The number of imidazole rings is 1. The molecule has 12 heavy (non-hydrogen) atoms. The fourth-order valence-electron chi connectivity index (χ4n) is 1.08. The number of nitrogens with zero attached hydrogens (tertiary/aromatic N) is 2. The van der Waals surface area contributed by atoms with Gasteiger partial charge in [-0.05, 0) is 5.92 Å². The molecule has 3 heteroatoms. The quantitative estimate of drug-likeness (QED) is 0.666. The van der Waals surface area contributed by atoms with Crippen LogP contribution in [0.5, 0.6) is 0 Å². The van der Waals surface area contributed by atoms with Crippen molar-refractivity contribution in [3.63, 3.8) is 0 Å². The van der Waals surface area contributed by atoms with Crippen molar-refractivity contribution in [1.82, 2.24) is 9.55 Å². The fourth-order valence-corrected chi connectivity index (χ4v) is 1.08. The van der Waals surface area contributed by atoms with Gasteiger partial charge in [0.25, 0.3) is 0 Å². The lowest BCUT2D eigenvalue weighted by Gasteiger charge is -2.03. The van der Waals surface area contributed by atoms with E-state index in [-0.39, 0.29) is 0 Å². The number of anilines is 1. The van der Waals surface area contributed by atoms with Crippen LogP contribution in [0.15, 0.2) is 6.33 Å². The van der Waals surface area contributed by atoms with Crippen molar-refractivity contribution in [3.05, 3.63) is 12.0 Å². The van der Waals surface area contributed by atoms with E-state index in [2.05, 4.69) is 24.8 Å². The Bertz CT molecular complexity index is 304. The first-order valence-corrected chi connectivity index (χ1v) is 3.90. The third-order valence-electron chi connectivity index (χ3n) is 1.72. The van der Waals surface area contributed by atoms with E-state index in [0.717, 1.165) is 5.69 Å². The van der Waals surface area contributed by atoms with E-state index in [1.54, 1.807) is 10.9 Å². The zero-order valence-corrected chi connectivity index (χ0v) is 7.41. The summed E-state index contributed by atoms with van der Waals surface area (Å²) in [6, 6.07) is 0. The van der Waals surface area contributed by atoms with Gasteiger partial charge in [-0.3, -0.25) is 0 Å². The van der Waals surface area contributed by atoms with Gasteiger partial charge in [-0.15, -0.1) is 6.42 Å². The Kier molecular flexibility index (Phi) is 2.39. The monoisotopic (exact) mass is 163 g/mol. The highest BCUT2D eigenvalue weighted by Gasteiger charge is 2.09. The van der Waals surface area contributed by atoms with Gasteiger partial charge in [0.05, 0.1) is 18.6 Å². The molecule has 0 radical (unpaired) electrons. The van der Waals surface area contributed by atoms with Gasteiger partial charge in [0.1, 0.15) is 5.82 Å². The predicted molar refractivity (Wildman–Crippen MR) is 49.6 cm³/mol. The van der Waals surface area contributed by atoms with Crippen LogP contribution in [-0.2, 0) is 6.54 Å². The summed E-state index contributed by atoms with van der Waals surface area (Å²) in [4.78, 5) is 4.18. The average Bonchev–Trinajstić information content (AvgIpc) is 2.34. The molecule has 0 aliphatic rings. The number of aromatic nitrogens is 2. The Morgan fingerprint density at radius 1 is 1.75 bits per heavy atom. The summed E-state index contributed by atoms with van der Waals surface area (Å²) in [5, 5.41) is 0. The second-order valence-corrected chi connectivity index (χ2v) is 3.00. The van der Waals surface area contributed by atoms with Gasteiger partial charge in [0, 0.05) is 0 Å². The minimum absolute atomic E-state index is 0.351. The zero-order valence-electron chi connectivity index (χ0n) is 7.41. The summed E-state index contributed by atoms with van der Waals surface area (Å²) in [7, 11) is 0. The summed E-state index contributed by atoms with van der Waals surface area (Å²) >= 11 is 0. The van der Waals surface area contributed by atoms with E-state index in [9.17, 15) is 0 Å². The van der Waals surface area contributed by atoms with Crippen LogP contribution in [0, 0.1) is 12.3 Å². The third-order valence-corrected chi connectivity index (χ3v) is 1.72. The van der Waals surface area contributed by atoms with Crippen molar-refractivity contribution < 1.29 is 0 Å². The molecule has 0 atom stereocenters. The predicted octanol–water partition coefficient (Wildman–Crippen LogP) is 1.22. The molecule has 0 fully saturated rings. The summed E-state index contributed by atoms with van der Waals surface area (Å²) in [6.45, 7) is 4.60. The fraction of sp³-hybridized carbons (Fsp3) is 0.444. The van der Waals surface area contributed by atoms with Crippen LogP contribution in [-0.4, -0.2) is 9.55 Å². The molecule has 0 amide bonds. The topological polar surface area (TPSA) is 43.8 Å². The Labute approximate surface area is 72.6 Å². The van der Waals surface area contributed by atoms with Gasteiger partial charge in [-0.1, -0.05) is 19.8 Å². The first-order valence-electron chi connectivity index (χ1n) is 3.90. The SMILES string of the molecule is C#CCn1cnc(C(C)C)c1N. The van der Waals surface area contributed by atoms with Gasteiger partial charge >= 0.3 is 0 Å². The molecule has 2 N–H and O–H groups in total. The summed E-state index contributed by atoms with van der Waals surface area (Å²) in [6.07, 6.45) is 6.85. The highest BCUT2D eigenvalue weighted by Crippen LogP contribution is 2.18. The van der Waals surface area contributed by atoms with E-state index in [1.807, 2.05) is 0 Å². The Morgan fingerprint density at radius 2 is 2.42 bits per heavy atom. The molecule has 0 saturated heterocycles. The second-order valence-electron chi connectivity index (χ2n) is 3.00. The first kappa shape index (κ1) is 8.66. The molecule has 1 heterocycles. The van der Waals surface area contributed by atoms with Gasteiger partial charge in [0.2, 0.25) is 0 Å². The number of terminal acetylenes is 1. The lowest BCUT2D eigenvalue weighted by Crippen LogP contribution is -2.02. The van der Waals surface area contributed by atoms with E-state index >= 15 is 0 Å². The Balaban J connectivity index is 2.98. The maximum atomic E-state index is 5.80. The van der Waals surface area contributed by atoms with Crippen LogP contribution >= 0.6 is 0 Å². The molecule has 3 nitrogen and oxygen atoms in total. The van der Waals surface area contributed by atoms with Crippen LogP contribution < -0.4 is 5.73 Å². The summed E-state index contributed by atoms with van der Waals surface area (Å²) in [5.41, 5.74) is 6.72. The Morgan fingerprint density at radius 3 is 2.83 bits per heavy atom. The number of rotatable bonds is 2. The van der Waals surface area contributed by atoms with Crippen LogP contribution in [0.4, 0.5) is 5.82 Å². The van der Waals surface area contributed by atoms with Gasteiger partial charge in [0.15, 0.2) is 0 Å². The Hall–Kier alpha value is -1.43. The number of hydrogen-bond donors (Lipinski definition) is 1. The van der Waals surface area contributed by atoms with E-state index in [0.29, 0.717) is 18.3 Å². The average molecular weight is 163 g/mol. The molecule has 0 aromatic carbocycles. The number of nitrogen functional groups attached to an aromatic ring is 1. The highest BCUT2D eigenvalue weighted by atomic mass is 15.1. The maximum Gasteiger partial charge on any atom is 0.127 e. The highest BCUT2D eigenvalue weighted by molar-refractivity contribution is 5.38. The van der Waals surface area contributed by atoms with Crippen LogP contribution in [0.2, 0.25) is 0 Å². The van der Waals surface area contributed by atoms with Crippen LogP contribution in [0.3, 0.4) is 0 Å². The lowest BCUT2D eigenvalue weighted by atomic mass is 10.1. The molecule has 0 aliphatic heterocycles. The molecule has 1 aromatic heterocycles. The molecule has 64 valence electrons. The van der Waals surface area contributed by atoms with Crippen molar-refractivity contribution in [1.29, 1.82) is 0 Å². The maximum absolute atomic E-state index is 5.80. The van der Waals surface area contributed by atoms with Gasteiger partial charge in [-0.25, -0.2) is 4.98 Å². The minimum Gasteiger partial charge on any atom is -0.384 e. The molecular formula is C9H13N3. The molecular weight excluding hydrogens is 150 g/mol. The zero-order chi connectivity index (χ0) is 9.14. The van der Waals surface area contributed by atoms with Crippen LogP contribution in [0.1, 0.15) is 25.5 Å². The minimum atomic E-state index is 0.351. The van der Waals surface area contributed by atoms with Gasteiger partial charge < -0.3 is 10.3 Å². The summed E-state index contributed by atoms with van der Waals surface area (Å²) < 4.78 is 1.77. The van der Waals surface area contributed by atoms with E-state index in [4.69, 9.17) is 12.2 Å². The van der Waals surface area contributed by atoms with Gasteiger partial charge in [-0.2, -0.15) is 0 Å². The van der Waals surface area contributed by atoms with Crippen molar-refractivity contribution >= 4 is 5.82 Å². The molecule has 0 unspecified atom stereocenters. The van der Waals surface area contributed by atoms with Crippen molar-refractivity contribution in [3.8, 4) is 12.3 Å². The van der Waals surface area contributed by atoms with Crippen molar-refractivity contribution in [2.75, 3.05) is 5.73 Å². The smallest absolute Gasteiger partial charge is 0.127 e. The molecule has 1 aromatic rings. The van der Waals surface area contributed by atoms with E-state index in [1.165, 1.54) is 0 Å². The number of nitrogens with two attached hydrogens (primary N) is 1. The second kappa shape index (κ2) is 3.31. The molecule has 1 rings (SSSR count). The van der Waals surface area contributed by atoms with Crippen molar-refractivity contribution in [2.45, 2.75) is 26.3 Å². The molecule has 0 aliphatic carbocycles. The normalized spacial score (nSPS) is 10.2. The first-order chi connectivity index (χ1) is 5.66. The van der Waals surface area contributed by atoms with E-state index < -0.39 is 0 Å². The third kappa shape index (κ3) is 1.42. The lowest BCUT2D eigenvalue weighted by molar-refractivity contribution is 0.829. The molecule has 0 bridgehead atoms. The largest absolute Gasteiger partial charge is 0.384 e. The summed E-state index contributed by atoms with van der Waals surface area (Å²) in [5.74, 6) is 3.55. The molecule has 0 spiro atoms. The van der Waals surface area contributed by atoms with Crippen molar-refractivity contribution in [2.24, 2.45) is 0 Å². The standard InChI is InChI=1S/C9H13N3/c1-4-5-12-6-11-8(7(2)3)9(12)10/h1,6-7H,5,10H2,2-3H3. The van der Waals surface area contributed by atoms with Crippen LogP contribution in [0.25, 0.3) is 0 Å².